The minimum atomic E-state index is -0.947. The Kier molecular flexibility index (Phi) is 3.09. The number of nitrogens with zero attached hydrogens (tertiary/aromatic N) is 3. The van der Waals surface area contributed by atoms with Crippen LogP contribution < -0.4 is 0 Å². The van der Waals surface area contributed by atoms with Crippen LogP contribution in [0.15, 0.2) is 65.9 Å². The molecule has 0 spiro atoms. The van der Waals surface area contributed by atoms with Crippen molar-refractivity contribution in [2.24, 2.45) is 4.99 Å². The van der Waals surface area contributed by atoms with Crippen molar-refractivity contribution in [3.8, 4) is 0 Å². The standard InChI is InChI=1S/C21H13N3O2/c25-21(26)14-6-2-1-5-12(14)17-11-16-13-7-3-9-22-19(13)20-15(18(16)24-17)8-4-10-23-20/h1-10H,11H2,(H,25,26). The van der Waals surface area contributed by atoms with Crippen molar-refractivity contribution in [1.82, 2.24) is 9.97 Å². The van der Waals surface area contributed by atoms with Crippen molar-refractivity contribution in [3.63, 3.8) is 0 Å². The Labute approximate surface area is 148 Å². The molecule has 4 aromatic rings. The Morgan fingerprint density at radius 2 is 1.58 bits per heavy atom. The summed E-state index contributed by atoms with van der Waals surface area (Å²) < 4.78 is 0. The van der Waals surface area contributed by atoms with Crippen molar-refractivity contribution in [3.05, 3.63) is 77.6 Å². The quantitative estimate of drug-likeness (QED) is 0.557. The summed E-state index contributed by atoms with van der Waals surface area (Å²) in [5.41, 5.74) is 5.30. The number of carboxylic acid groups (broad SMARTS) is 1. The summed E-state index contributed by atoms with van der Waals surface area (Å²) in [7, 11) is 0. The maximum atomic E-state index is 11.6. The molecule has 0 aliphatic carbocycles. The van der Waals surface area contributed by atoms with Crippen molar-refractivity contribution in [2.75, 3.05) is 0 Å². The summed E-state index contributed by atoms with van der Waals surface area (Å²) in [6.07, 6.45) is 4.09. The fourth-order valence-corrected chi connectivity index (χ4v) is 3.64. The van der Waals surface area contributed by atoms with Gasteiger partial charge in [0.25, 0.3) is 0 Å². The minimum absolute atomic E-state index is 0.268. The zero-order valence-electron chi connectivity index (χ0n) is 13.7. The number of carboxylic acids is 1. The fourth-order valence-electron chi connectivity index (χ4n) is 3.64. The van der Waals surface area contributed by atoms with Crippen LogP contribution >= 0.6 is 0 Å². The van der Waals surface area contributed by atoms with Crippen LogP contribution in [0.3, 0.4) is 0 Å². The van der Waals surface area contributed by atoms with Crippen molar-refractivity contribution in [2.45, 2.75) is 6.42 Å². The molecule has 5 rings (SSSR count). The lowest BCUT2D eigenvalue weighted by Crippen LogP contribution is -2.09. The molecule has 0 radical (unpaired) electrons. The van der Waals surface area contributed by atoms with Crippen molar-refractivity contribution >= 4 is 39.2 Å². The van der Waals surface area contributed by atoms with Gasteiger partial charge in [0.05, 0.1) is 28.0 Å². The second kappa shape index (κ2) is 5.46. The zero-order chi connectivity index (χ0) is 17.7. The van der Waals surface area contributed by atoms with Crippen molar-refractivity contribution in [1.29, 1.82) is 0 Å². The molecular weight excluding hydrogens is 326 g/mol. The van der Waals surface area contributed by atoms with E-state index in [1.807, 2.05) is 36.4 Å². The highest BCUT2D eigenvalue weighted by molar-refractivity contribution is 6.19. The van der Waals surface area contributed by atoms with E-state index in [0.29, 0.717) is 12.0 Å². The van der Waals surface area contributed by atoms with E-state index in [2.05, 4.69) is 9.97 Å². The highest BCUT2D eigenvalue weighted by Crippen LogP contribution is 2.41. The largest absolute Gasteiger partial charge is 0.478 e. The number of rotatable bonds is 2. The average Bonchev–Trinajstić information content (AvgIpc) is 3.14. The van der Waals surface area contributed by atoms with Gasteiger partial charge in [0.15, 0.2) is 0 Å². The number of aromatic nitrogens is 2. The molecule has 0 saturated carbocycles. The third kappa shape index (κ3) is 2.04. The number of hydrogen-bond donors (Lipinski definition) is 1. The summed E-state index contributed by atoms with van der Waals surface area (Å²) in [6.45, 7) is 0. The molecule has 0 atom stereocenters. The van der Waals surface area contributed by atoms with E-state index >= 15 is 0 Å². The summed E-state index contributed by atoms with van der Waals surface area (Å²) in [6, 6.07) is 14.8. The highest BCUT2D eigenvalue weighted by atomic mass is 16.4. The molecule has 0 unspecified atom stereocenters. The lowest BCUT2D eigenvalue weighted by molar-refractivity contribution is 0.0696. The Morgan fingerprint density at radius 3 is 2.35 bits per heavy atom. The van der Waals surface area contributed by atoms with Gasteiger partial charge in [-0.3, -0.25) is 15.0 Å². The molecule has 124 valence electrons. The van der Waals surface area contributed by atoms with E-state index < -0.39 is 5.97 Å². The number of benzene rings is 2. The number of fused-ring (bicyclic) bond motifs is 6. The lowest BCUT2D eigenvalue weighted by atomic mass is 9.96. The maximum Gasteiger partial charge on any atom is 0.336 e. The Hall–Kier alpha value is -3.60. The fraction of sp³-hybridized carbons (Fsp3) is 0.0476. The van der Waals surface area contributed by atoms with Crippen LogP contribution in [-0.4, -0.2) is 26.8 Å². The van der Waals surface area contributed by atoms with Gasteiger partial charge in [-0.2, -0.15) is 0 Å². The van der Waals surface area contributed by atoms with Gasteiger partial charge in [0.1, 0.15) is 0 Å². The summed E-state index contributed by atoms with van der Waals surface area (Å²) in [4.78, 5) is 25.5. The number of hydrogen-bond acceptors (Lipinski definition) is 4. The summed E-state index contributed by atoms with van der Waals surface area (Å²) in [5, 5.41) is 11.5. The highest BCUT2D eigenvalue weighted by Gasteiger charge is 2.25. The maximum absolute atomic E-state index is 11.6. The molecule has 5 heteroatoms. The van der Waals surface area contributed by atoms with Crippen LogP contribution in [0.2, 0.25) is 0 Å². The van der Waals surface area contributed by atoms with Gasteiger partial charge in [-0.15, -0.1) is 0 Å². The van der Waals surface area contributed by atoms with E-state index in [0.717, 1.165) is 38.8 Å². The van der Waals surface area contributed by atoms with Gasteiger partial charge in [-0.1, -0.05) is 24.3 Å². The first-order valence-electron chi connectivity index (χ1n) is 8.28. The van der Waals surface area contributed by atoms with Crippen LogP contribution in [0.5, 0.6) is 0 Å². The molecule has 0 saturated heterocycles. The van der Waals surface area contributed by atoms with Crippen LogP contribution in [0.25, 0.3) is 21.8 Å². The number of aromatic carboxylic acids is 1. The molecule has 0 fully saturated rings. The Balaban J connectivity index is 1.81. The second-order valence-corrected chi connectivity index (χ2v) is 6.21. The van der Waals surface area contributed by atoms with Gasteiger partial charge >= 0.3 is 5.97 Å². The van der Waals surface area contributed by atoms with Gasteiger partial charge in [-0.25, -0.2) is 4.79 Å². The first kappa shape index (κ1) is 14.7. The predicted octanol–water partition coefficient (Wildman–Crippen LogP) is 4.16. The first-order chi connectivity index (χ1) is 12.7. The summed E-state index contributed by atoms with van der Waals surface area (Å²) >= 11 is 0. The molecule has 1 aliphatic rings. The molecule has 2 aromatic carbocycles. The minimum Gasteiger partial charge on any atom is -0.478 e. The number of pyridine rings is 2. The molecule has 26 heavy (non-hydrogen) atoms. The molecule has 0 bridgehead atoms. The van der Waals surface area contributed by atoms with Gasteiger partial charge in [-0.05, 0) is 29.8 Å². The van der Waals surface area contributed by atoms with Crippen molar-refractivity contribution < 1.29 is 9.90 Å². The molecule has 2 aromatic heterocycles. The van der Waals surface area contributed by atoms with E-state index in [-0.39, 0.29) is 5.56 Å². The van der Waals surface area contributed by atoms with Crippen LogP contribution in [-0.2, 0) is 6.42 Å². The Morgan fingerprint density at radius 1 is 0.885 bits per heavy atom. The summed E-state index contributed by atoms with van der Waals surface area (Å²) in [5.74, 6) is -0.947. The van der Waals surface area contributed by atoms with Gasteiger partial charge in [0.2, 0.25) is 0 Å². The third-order valence-corrected chi connectivity index (χ3v) is 4.77. The third-order valence-electron chi connectivity index (χ3n) is 4.77. The smallest absolute Gasteiger partial charge is 0.336 e. The SMILES string of the molecule is O=C(O)c1ccccc1C1=Nc2c(c3cccnc3c3ncccc23)C1. The second-order valence-electron chi connectivity index (χ2n) is 6.21. The van der Waals surface area contributed by atoms with E-state index in [1.54, 1.807) is 24.5 Å². The number of aliphatic imine (C=N–C) groups is 1. The molecule has 0 amide bonds. The molecule has 5 nitrogen and oxygen atoms in total. The lowest BCUT2D eigenvalue weighted by Gasteiger charge is -2.08. The van der Waals surface area contributed by atoms with Gasteiger partial charge in [0, 0.05) is 35.2 Å². The zero-order valence-corrected chi connectivity index (χ0v) is 13.7. The van der Waals surface area contributed by atoms with E-state index in [9.17, 15) is 9.90 Å². The van der Waals surface area contributed by atoms with Crippen LogP contribution in [0, 0.1) is 0 Å². The predicted molar refractivity (Wildman–Crippen MR) is 100 cm³/mol. The number of carbonyl (C=O) groups is 1. The molecule has 1 N–H and O–H groups in total. The molecule has 1 aliphatic heterocycles. The Bertz CT molecular complexity index is 1240. The van der Waals surface area contributed by atoms with Gasteiger partial charge < -0.3 is 5.11 Å². The van der Waals surface area contributed by atoms with E-state index in [4.69, 9.17) is 4.99 Å². The first-order valence-corrected chi connectivity index (χ1v) is 8.28. The topological polar surface area (TPSA) is 75.4 Å². The normalized spacial score (nSPS) is 13.0. The van der Waals surface area contributed by atoms with Crippen LogP contribution in [0.1, 0.15) is 21.5 Å². The molecule has 3 heterocycles. The average molecular weight is 339 g/mol. The van der Waals surface area contributed by atoms with E-state index in [1.165, 1.54) is 0 Å². The monoisotopic (exact) mass is 339 g/mol. The molecular formula is C21H13N3O2. The van der Waals surface area contributed by atoms with Crippen LogP contribution in [0.4, 0.5) is 5.69 Å².